The maximum atomic E-state index is 10.1. The predicted molar refractivity (Wildman–Crippen MR) is 289 cm³/mol. The molecule has 3 nitrogen and oxygen atoms in total. The molecule has 3 heterocycles. The molecular formula is C63H39N3S2. The summed E-state index contributed by atoms with van der Waals surface area (Å²) in [4.78, 5) is 15.5. The van der Waals surface area contributed by atoms with Crippen molar-refractivity contribution in [3.8, 4) is 89.8 Å². The molecule has 0 spiro atoms. The van der Waals surface area contributed by atoms with Crippen LogP contribution in [-0.2, 0) is 0 Å². The van der Waals surface area contributed by atoms with E-state index in [4.69, 9.17) is 16.3 Å². The van der Waals surface area contributed by atoms with E-state index in [1.807, 2.05) is 146 Å². The van der Waals surface area contributed by atoms with E-state index >= 15 is 0 Å². The summed E-state index contributed by atoms with van der Waals surface area (Å²) in [5.41, 5.74) is 10.3. The van der Waals surface area contributed by atoms with Crippen molar-refractivity contribution >= 4 is 63.0 Å². The van der Waals surface area contributed by atoms with Gasteiger partial charge in [0.05, 0.1) is 8.22 Å². The molecule has 3 aromatic heterocycles. The topological polar surface area (TPSA) is 38.7 Å². The van der Waals surface area contributed by atoms with Gasteiger partial charge in [-0.25, -0.2) is 15.0 Å². The third-order valence-corrected chi connectivity index (χ3v) is 14.6. The Labute approximate surface area is 410 Å². The van der Waals surface area contributed by atoms with Gasteiger partial charge in [0.15, 0.2) is 17.5 Å². The molecule has 0 aliphatic heterocycles. The van der Waals surface area contributed by atoms with E-state index < -0.39 is 0 Å². The average Bonchev–Trinajstić information content (AvgIpc) is 4.06. The summed E-state index contributed by atoms with van der Waals surface area (Å²) in [5, 5.41) is 2.71. The quantitative estimate of drug-likeness (QED) is 0.152. The minimum Gasteiger partial charge on any atom is -0.208 e. The second kappa shape index (κ2) is 16.8. The zero-order chi connectivity index (χ0) is 50.2. The van der Waals surface area contributed by atoms with Crippen molar-refractivity contribution in [3.05, 3.63) is 236 Å². The molecule has 0 aliphatic rings. The minimum atomic E-state index is -0.268. The van der Waals surface area contributed by atoms with Crippen LogP contribution < -0.4 is 0 Å². The van der Waals surface area contributed by atoms with Crippen LogP contribution in [0.1, 0.15) is 8.22 Å². The van der Waals surface area contributed by atoms with Crippen molar-refractivity contribution in [2.75, 3.05) is 0 Å². The lowest BCUT2D eigenvalue weighted by Crippen LogP contribution is -2.00. The summed E-state index contributed by atoms with van der Waals surface area (Å²) in [6, 6.07) is 65.8. The standard InChI is InChI=1S/C63H39N3S2/c1-5-16-40(17-6-1)44-28-30-45(31-29-44)61-64-62(66-63(65-61)54-37-49(43-22-11-4-12-23-43)39-58-60(54)52-24-13-14-26-55(52)67-58)46-32-33-53-57(38-46)68-56-27-15-25-51(59(53)56)50-35-47(41-18-7-2-8-19-41)34-48(36-50)42-20-9-3-10-21-42/h1-39H/i15D,25D,27D,32D,33D,38D. The lowest BCUT2D eigenvalue weighted by atomic mass is 9.91. The van der Waals surface area contributed by atoms with Gasteiger partial charge in [0, 0.05) is 57.0 Å². The first-order valence-electron chi connectivity index (χ1n) is 25.3. The summed E-state index contributed by atoms with van der Waals surface area (Å²) in [6.45, 7) is 0. The highest BCUT2D eigenvalue weighted by molar-refractivity contribution is 7.26. The molecule has 0 bridgehead atoms. The van der Waals surface area contributed by atoms with Crippen molar-refractivity contribution in [1.29, 1.82) is 0 Å². The van der Waals surface area contributed by atoms with E-state index in [-0.39, 0.29) is 53.0 Å². The number of nitrogens with zero attached hydrogens (tertiary/aromatic N) is 3. The first kappa shape index (κ1) is 34.0. The van der Waals surface area contributed by atoms with Crippen LogP contribution in [0.15, 0.2) is 236 Å². The lowest BCUT2D eigenvalue weighted by molar-refractivity contribution is 1.08. The van der Waals surface area contributed by atoms with Gasteiger partial charge in [0.2, 0.25) is 0 Å². The van der Waals surface area contributed by atoms with Crippen molar-refractivity contribution in [2.45, 2.75) is 0 Å². The van der Waals surface area contributed by atoms with E-state index in [1.54, 1.807) is 11.3 Å². The maximum absolute atomic E-state index is 10.1. The van der Waals surface area contributed by atoms with Gasteiger partial charge in [-0.2, -0.15) is 0 Å². The van der Waals surface area contributed by atoms with Crippen LogP contribution >= 0.6 is 22.7 Å². The molecular weight excluding hydrogens is 863 g/mol. The van der Waals surface area contributed by atoms with Crippen molar-refractivity contribution in [3.63, 3.8) is 0 Å². The number of benzene rings is 10. The van der Waals surface area contributed by atoms with E-state index in [9.17, 15) is 6.85 Å². The second-order valence-electron chi connectivity index (χ2n) is 16.7. The van der Waals surface area contributed by atoms with Gasteiger partial charge in [-0.15, -0.1) is 22.7 Å². The lowest BCUT2D eigenvalue weighted by Gasteiger charge is -2.13. The van der Waals surface area contributed by atoms with Crippen LogP contribution in [0.5, 0.6) is 0 Å². The number of fused-ring (bicyclic) bond motifs is 6. The molecule has 0 amide bonds. The molecule has 0 aliphatic carbocycles. The summed E-state index contributed by atoms with van der Waals surface area (Å²) < 4.78 is 60.7. The Morgan fingerprint density at radius 1 is 0.294 bits per heavy atom. The monoisotopic (exact) mass is 907 g/mol. The van der Waals surface area contributed by atoms with Crippen LogP contribution in [0.25, 0.3) is 130 Å². The molecule has 10 aromatic carbocycles. The molecule has 0 saturated carbocycles. The van der Waals surface area contributed by atoms with E-state index in [0.29, 0.717) is 43.1 Å². The van der Waals surface area contributed by atoms with Crippen LogP contribution in [-0.4, -0.2) is 15.0 Å². The number of thiophene rings is 2. The Balaban J connectivity index is 1.07. The van der Waals surface area contributed by atoms with Gasteiger partial charge in [-0.1, -0.05) is 188 Å². The normalized spacial score (nSPS) is 12.8. The maximum Gasteiger partial charge on any atom is 0.164 e. The molecule has 13 rings (SSSR count). The van der Waals surface area contributed by atoms with Gasteiger partial charge in [0.25, 0.3) is 0 Å². The number of hydrogen-bond donors (Lipinski definition) is 0. The molecule has 13 aromatic rings. The zero-order valence-electron chi connectivity index (χ0n) is 42.2. The summed E-state index contributed by atoms with van der Waals surface area (Å²) in [7, 11) is 0. The molecule has 0 atom stereocenters. The Bertz CT molecular complexity index is 4300. The number of rotatable bonds is 8. The van der Waals surface area contributed by atoms with Gasteiger partial charge in [-0.05, 0) is 104 Å². The molecule has 0 N–H and O–H groups in total. The van der Waals surface area contributed by atoms with Crippen molar-refractivity contribution in [2.24, 2.45) is 0 Å². The Morgan fingerprint density at radius 2 is 0.779 bits per heavy atom. The molecule has 318 valence electrons. The molecule has 68 heavy (non-hydrogen) atoms. The molecule has 0 saturated heterocycles. The van der Waals surface area contributed by atoms with E-state index in [0.717, 1.165) is 81.6 Å². The summed E-state index contributed by atoms with van der Waals surface area (Å²) in [5.74, 6) is 0.755. The summed E-state index contributed by atoms with van der Waals surface area (Å²) >= 11 is 2.83. The van der Waals surface area contributed by atoms with Crippen molar-refractivity contribution < 1.29 is 8.22 Å². The average molecular weight is 908 g/mol. The highest BCUT2D eigenvalue weighted by Gasteiger charge is 2.21. The molecule has 0 radical (unpaired) electrons. The molecule has 5 heteroatoms. The van der Waals surface area contributed by atoms with Crippen molar-refractivity contribution in [1.82, 2.24) is 15.0 Å². The van der Waals surface area contributed by atoms with Crippen LogP contribution in [0, 0.1) is 0 Å². The largest absolute Gasteiger partial charge is 0.208 e. The number of hydrogen-bond acceptors (Lipinski definition) is 5. The molecule has 0 fully saturated rings. The smallest absolute Gasteiger partial charge is 0.164 e. The fraction of sp³-hybridized carbons (Fsp3) is 0. The molecule has 0 unspecified atom stereocenters. The van der Waals surface area contributed by atoms with Gasteiger partial charge >= 0.3 is 0 Å². The first-order chi connectivity index (χ1) is 36.2. The fourth-order valence-electron chi connectivity index (χ4n) is 9.15. The highest BCUT2D eigenvalue weighted by atomic mass is 32.1. The van der Waals surface area contributed by atoms with Gasteiger partial charge < -0.3 is 0 Å². The Kier molecular flexibility index (Phi) is 8.42. The first-order valence-corrected chi connectivity index (χ1v) is 24.0. The van der Waals surface area contributed by atoms with Crippen LogP contribution in [0.2, 0.25) is 0 Å². The Morgan fingerprint density at radius 3 is 1.43 bits per heavy atom. The third-order valence-electron chi connectivity index (χ3n) is 12.4. The SMILES string of the molecule is [2H]c1c([2H])c(-c2cc(-c3ccccc3)cc(-c3ccccc3)c2)c2c(sc3c([2H])c(-c4nc(-c5ccc(-c6ccccc6)cc5)nc(-c5cc(-c6ccccc6)cc6sc7ccccc7c56)n4)c([2H])c([2H])c32)c1[2H]. The van der Waals surface area contributed by atoms with Gasteiger partial charge in [-0.3, -0.25) is 0 Å². The van der Waals surface area contributed by atoms with Gasteiger partial charge in [0.1, 0.15) is 0 Å². The van der Waals surface area contributed by atoms with Crippen LogP contribution in [0.4, 0.5) is 0 Å². The highest BCUT2D eigenvalue weighted by Crippen LogP contribution is 2.45. The van der Waals surface area contributed by atoms with E-state index in [1.165, 1.54) is 0 Å². The number of aromatic nitrogens is 3. The third kappa shape index (κ3) is 7.26. The minimum absolute atomic E-state index is 0.0493. The fourth-order valence-corrected chi connectivity index (χ4v) is 11.3. The predicted octanol–water partition coefficient (Wildman–Crippen LogP) is 17.9. The van der Waals surface area contributed by atoms with E-state index in [2.05, 4.69) is 54.6 Å². The second-order valence-corrected chi connectivity index (χ2v) is 18.8. The summed E-state index contributed by atoms with van der Waals surface area (Å²) in [6.07, 6.45) is 0. The van der Waals surface area contributed by atoms with Crippen LogP contribution in [0.3, 0.4) is 0 Å². The Hall–Kier alpha value is -8.35. The zero-order valence-corrected chi connectivity index (χ0v) is 37.8.